The van der Waals surface area contributed by atoms with Gasteiger partial charge in [-0.05, 0) is 121 Å². The van der Waals surface area contributed by atoms with E-state index in [4.69, 9.17) is 96.9 Å². The van der Waals surface area contributed by atoms with Crippen molar-refractivity contribution in [1.29, 1.82) is 0 Å². The van der Waals surface area contributed by atoms with Gasteiger partial charge < -0.3 is 124 Å². The summed E-state index contributed by atoms with van der Waals surface area (Å²) in [5, 5.41) is 49.9. The minimum Gasteiger partial charge on any atom is -0.480 e. The van der Waals surface area contributed by atoms with Gasteiger partial charge in [-0.15, -0.1) is 0 Å². The van der Waals surface area contributed by atoms with Gasteiger partial charge in [0.15, 0.2) is 6.04 Å². The van der Waals surface area contributed by atoms with Gasteiger partial charge in [-0.3, -0.25) is 47.9 Å². The molecule has 0 spiro atoms. The highest BCUT2D eigenvalue weighted by molar-refractivity contribution is 6.32. The first-order valence-electron chi connectivity index (χ1n) is 47.1. The zero-order chi connectivity index (χ0) is 106. The summed E-state index contributed by atoms with van der Waals surface area (Å²) in [6.45, 7) is 3.28. The van der Waals surface area contributed by atoms with E-state index >= 15 is 14.4 Å². The molecule has 0 radical (unpaired) electrons. The smallest absolute Gasteiger partial charge is 0.407 e. The van der Waals surface area contributed by atoms with Gasteiger partial charge in [0.2, 0.25) is 59.1 Å². The lowest BCUT2D eigenvalue weighted by Crippen LogP contribution is -2.62. The average Bonchev–Trinajstić information content (AvgIpc) is 0.842. The van der Waals surface area contributed by atoms with Crippen molar-refractivity contribution in [2.45, 2.75) is 231 Å². The van der Waals surface area contributed by atoms with E-state index in [0.717, 1.165) is 19.3 Å². The molecule has 7 aromatic rings. The second kappa shape index (κ2) is 64.9. The number of aliphatic carboxylic acids is 1. The molecule has 0 aliphatic carbocycles. The summed E-state index contributed by atoms with van der Waals surface area (Å²) < 4.78 is 39.0. The first-order chi connectivity index (χ1) is 69.6. The lowest BCUT2D eigenvalue weighted by molar-refractivity contribution is -0.147. The van der Waals surface area contributed by atoms with Crippen molar-refractivity contribution in [1.82, 2.24) is 79.8 Å². The lowest BCUT2D eigenvalue weighted by atomic mass is 10.1. The van der Waals surface area contributed by atoms with Crippen molar-refractivity contribution in [3.05, 3.63) is 246 Å². The number of rotatable bonds is 61. The maximum absolute atomic E-state index is 15.3. The third-order valence-electron chi connectivity index (χ3n) is 22.2. The van der Waals surface area contributed by atoms with Crippen LogP contribution in [0.3, 0.4) is 0 Å². The zero-order valence-electron chi connectivity index (χ0n) is 80.7. The van der Waals surface area contributed by atoms with Crippen LogP contribution in [0.2, 0.25) is 25.1 Å². The molecule has 145 heavy (non-hydrogen) atoms. The van der Waals surface area contributed by atoms with Gasteiger partial charge >= 0.3 is 36.4 Å². The first-order valence-corrected chi connectivity index (χ1v) is 49.0. The van der Waals surface area contributed by atoms with E-state index in [2.05, 4.69) is 79.8 Å². The van der Waals surface area contributed by atoms with Gasteiger partial charge in [0, 0.05) is 92.1 Å². The van der Waals surface area contributed by atoms with Crippen molar-refractivity contribution >= 4 is 154 Å². The average molecular weight is 2110 g/mol. The molecule has 18 N–H and O–H groups in total. The van der Waals surface area contributed by atoms with E-state index in [-0.39, 0.29) is 87.2 Å². The van der Waals surface area contributed by atoms with Crippen LogP contribution in [0.25, 0.3) is 0 Å². The van der Waals surface area contributed by atoms with Gasteiger partial charge in [0.05, 0.1) is 25.4 Å². The number of carboxylic acid groups (broad SMARTS) is 1. The molecule has 12 atom stereocenters. The van der Waals surface area contributed by atoms with E-state index in [1.54, 1.807) is 182 Å². The Morgan fingerprint density at radius 1 is 0.290 bits per heavy atom. The van der Waals surface area contributed by atoms with Crippen LogP contribution >= 0.6 is 58.0 Å². The highest BCUT2D eigenvalue weighted by Crippen LogP contribution is 2.23. The van der Waals surface area contributed by atoms with Gasteiger partial charge in [-0.2, -0.15) is 0 Å². The fourth-order valence-corrected chi connectivity index (χ4v) is 14.8. The van der Waals surface area contributed by atoms with Crippen LogP contribution in [0, 0.1) is 0 Å². The van der Waals surface area contributed by atoms with Crippen molar-refractivity contribution in [2.75, 3.05) is 39.3 Å². The Hall–Kier alpha value is -13.6. The summed E-state index contributed by atoms with van der Waals surface area (Å²) >= 11 is 31.6. The maximum Gasteiger partial charge on any atom is 0.407 e. The molecule has 0 fully saturated rings. The highest BCUT2D eigenvalue weighted by Gasteiger charge is 2.39. The van der Waals surface area contributed by atoms with Gasteiger partial charge in [0.25, 0.3) is 0 Å². The Morgan fingerprint density at radius 2 is 0.545 bits per heavy atom. The maximum atomic E-state index is 15.3. The van der Waals surface area contributed by atoms with Crippen LogP contribution in [-0.2, 0) is 132 Å². The fraction of sp³-hybridized carbons (Fsp3) is 0.420. The van der Waals surface area contributed by atoms with Crippen molar-refractivity contribution in [3.63, 3.8) is 0 Å². The third-order valence-corrected chi connectivity index (χ3v) is 24.0. The van der Waals surface area contributed by atoms with Crippen LogP contribution in [0.4, 0.5) is 24.0 Å². The topological polar surface area (TPSA) is 564 Å². The Labute approximate surface area is 864 Å². The van der Waals surface area contributed by atoms with Crippen molar-refractivity contribution in [3.8, 4) is 0 Å². The molecule has 45 heteroatoms. The lowest BCUT2D eigenvalue weighted by Gasteiger charge is -2.30. The molecular weight excluding hydrogens is 1990 g/mol. The Morgan fingerprint density at radius 3 is 0.862 bits per heavy atom. The molecule has 0 heterocycles. The minimum absolute atomic E-state index is 0.0102. The molecule has 7 rings (SSSR count). The predicted molar refractivity (Wildman–Crippen MR) is 538 cm³/mol. The second-order valence-electron chi connectivity index (χ2n) is 33.4. The molecule has 0 aromatic heterocycles. The van der Waals surface area contributed by atoms with Crippen LogP contribution in [-0.4, -0.2) is 213 Å². The van der Waals surface area contributed by atoms with Crippen LogP contribution in [0.1, 0.15) is 151 Å². The van der Waals surface area contributed by atoms with Gasteiger partial charge in [0.1, 0.15) is 87.4 Å². The molecule has 0 aliphatic rings. The van der Waals surface area contributed by atoms with Crippen LogP contribution < -0.4 is 85.5 Å². The summed E-state index contributed by atoms with van der Waals surface area (Å²) in [5.41, 5.74) is 9.70. The van der Waals surface area contributed by atoms with E-state index in [1.165, 1.54) is 27.7 Å². The van der Waals surface area contributed by atoms with Crippen LogP contribution in [0.5, 0.6) is 0 Å². The molecule has 0 saturated carbocycles. The van der Waals surface area contributed by atoms with E-state index in [1.807, 2.05) is 6.92 Å². The zero-order valence-corrected chi connectivity index (χ0v) is 84.5. The number of amides is 15. The monoisotopic (exact) mass is 2110 g/mol. The van der Waals surface area contributed by atoms with Gasteiger partial charge in [-0.1, -0.05) is 242 Å². The van der Waals surface area contributed by atoms with Crippen molar-refractivity contribution < 1.29 is 115 Å². The molecule has 0 bridgehead atoms. The number of carbonyl (C=O) groups excluding carboxylic acids is 15. The summed E-state index contributed by atoms with van der Waals surface area (Å²) in [6.07, 6.45) is -6.10. The molecule has 784 valence electrons. The second-order valence-corrected chi connectivity index (χ2v) is 35.4. The predicted octanol–water partition coefficient (Wildman–Crippen LogP) is 9.73. The van der Waals surface area contributed by atoms with Crippen molar-refractivity contribution in [2.24, 2.45) is 5.73 Å². The number of nitrogens with one attached hydrogen (secondary N) is 15. The SMILES string of the molecule is CCCCCCCC(=O)N[C@@H](CCNC(=O)OCc1ccccc1Cl)C(=O)N[C@H](C(=O)N[C@@H](CCNC(=O)OCc1ccccc1Cl)C(=O)N[C@@H](CCN)C(=O)N[C@@H](CCNC(=O)OCc1ccccc1Cl)C(=O)N[C@H](C)C(=O)N[C@@H](C)C(=O)N[C@@H](CCNC(=O)OCc1ccccc1Cl)C(=O)N[C@@H](CCNC(=O)OCc1ccccc1Cl)C(=O)N[C@H](C(=O)O)[C@@H](C)OCc1ccccc1)[C@@H](C)OCc1ccccc1. The standard InChI is InChI=1S/C100H125Cl5N16O24/c1-6-7-8-9-16-41-83(122)114-78(43-49-107-96(134)141-56-67-31-17-22-36-72(67)101)92(129)120-84(63(4)139-54-65-27-12-10-13-28-65)94(131)119-81(46-52-110-99(137)144-59-70-34-20-25-39-75(70)104)91(128)116-77(42-48-106)89(126)117-79(44-50-108-97(135)142-57-68-32-18-23-37-73(68)102)88(125)113-61(2)86(123)112-62(3)87(124)115-80(45-51-109-98(136)143-58-69-33-19-24-38-74(69)103)90(127)118-82(47-53-111-100(138)145-60-71-35-21-26-40-76(71)105)93(130)121-85(95(132)133)64(5)140-55-66-29-14-11-15-30-66/h10-15,17-40,61-64,77-82,84-85H,6-9,16,41-60,106H2,1-5H3,(H,107,134)(H,108,135)(H,109,136)(H,110,137)(H,111,138)(H,112,123)(H,113,125)(H,114,122)(H,115,124)(H,116,128)(H,117,126)(H,118,127)(H,119,131)(H,120,129)(H,121,130)(H,132,133)/t61-,62+,63-,64-,77+,78+,79+,80+,81+,82+,84+,85+/m1/s1. The molecule has 40 nitrogen and oxygen atoms in total. The molecule has 0 saturated heterocycles. The number of hydrogen-bond acceptors (Lipinski definition) is 24. The molecule has 15 amide bonds. The summed E-state index contributed by atoms with van der Waals surface area (Å²) in [6, 6.07) is 33.1. The van der Waals surface area contributed by atoms with E-state index < -0.39 is 226 Å². The van der Waals surface area contributed by atoms with Crippen LogP contribution in [0.15, 0.2) is 182 Å². The quantitative estimate of drug-likeness (QED) is 0.0124. The minimum atomic E-state index is -1.78. The molecule has 0 aliphatic heterocycles. The molecule has 0 unspecified atom stereocenters. The number of nitrogens with two attached hydrogens (primary N) is 1. The molecule has 7 aromatic carbocycles. The number of halogens is 5. The molecular formula is C100H125Cl5N16O24. The number of carboxylic acids is 1. The first kappa shape index (κ1) is 118. The fourth-order valence-electron chi connectivity index (χ4n) is 13.8. The Kier molecular flexibility index (Phi) is 53.0. The number of alkyl carbamates (subject to hydrolysis) is 5. The number of benzene rings is 7. The van der Waals surface area contributed by atoms with E-state index in [0.29, 0.717) is 61.8 Å². The number of hydrogen-bond donors (Lipinski definition) is 17. The van der Waals surface area contributed by atoms with E-state index in [9.17, 15) is 67.4 Å². The normalized spacial score (nSPS) is 13.4. The van der Waals surface area contributed by atoms with Gasteiger partial charge in [-0.25, -0.2) is 28.8 Å². The number of ether oxygens (including phenoxy) is 7. The largest absolute Gasteiger partial charge is 0.480 e. The number of carbonyl (C=O) groups is 16. The summed E-state index contributed by atoms with van der Waals surface area (Å²) in [4.78, 5) is 226. The summed E-state index contributed by atoms with van der Waals surface area (Å²) in [7, 11) is 0. The summed E-state index contributed by atoms with van der Waals surface area (Å²) in [5.74, 6) is -11.9. The third kappa shape index (κ3) is 44.3. The Balaban J connectivity index is 1.14. The highest BCUT2D eigenvalue weighted by atomic mass is 35.5. The number of unbranched alkanes of at least 4 members (excludes halogenated alkanes) is 4. The Bertz CT molecular complexity index is 5420.